The fourth-order valence-corrected chi connectivity index (χ4v) is 3.11. The van der Waals surface area contributed by atoms with E-state index in [9.17, 15) is 4.79 Å². The summed E-state index contributed by atoms with van der Waals surface area (Å²) in [4.78, 5) is 21.3. The van der Waals surface area contributed by atoms with Crippen molar-refractivity contribution in [2.45, 2.75) is 6.54 Å². The van der Waals surface area contributed by atoms with E-state index in [4.69, 9.17) is 16.3 Å². The van der Waals surface area contributed by atoms with Crippen molar-refractivity contribution >= 4 is 33.2 Å². The van der Waals surface area contributed by atoms with Crippen molar-refractivity contribution in [1.82, 2.24) is 14.9 Å². The van der Waals surface area contributed by atoms with E-state index < -0.39 is 0 Å². The van der Waals surface area contributed by atoms with Gasteiger partial charge in [0.2, 0.25) is 0 Å². The van der Waals surface area contributed by atoms with Gasteiger partial charge in [0.1, 0.15) is 22.9 Å². The summed E-state index contributed by atoms with van der Waals surface area (Å²) in [5.41, 5.74) is 0.668. The molecule has 5 nitrogen and oxygen atoms in total. The SMILES string of the molecule is CN(CCOc1cccc(Cl)c1)Cc1nc2ccsc2c(=O)[nH]1. The molecule has 2 heterocycles. The number of hydrogen-bond donors (Lipinski definition) is 1. The van der Waals surface area contributed by atoms with Gasteiger partial charge in [-0.1, -0.05) is 17.7 Å². The van der Waals surface area contributed by atoms with Gasteiger partial charge in [0, 0.05) is 11.6 Å². The van der Waals surface area contributed by atoms with Gasteiger partial charge in [-0.15, -0.1) is 11.3 Å². The number of H-pyrrole nitrogens is 1. The number of halogens is 1. The second-order valence-corrected chi connectivity index (χ2v) is 6.54. The number of thiophene rings is 1. The molecule has 0 aliphatic rings. The number of likely N-dealkylation sites (N-methyl/N-ethyl adjacent to an activating group) is 1. The lowest BCUT2D eigenvalue weighted by Crippen LogP contribution is -2.26. The summed E-state index contributed by atoms with van der Waals surface area (Å²) in [5, 5.41) is 2.53. The molecule has 3 aromatic rings. The normalized spacial score (nSPS) is 11.3. The van der Waals surface area contributed by atoms with Crippen LogP contribution in [0, 0.1) is 0 Å². The number of aromatic amines is 1. The lowest BCUT2D eigenvalue weighted by Gasteiger charge is -2.16. The van der Waals surface area contributed by atoms with Gasteiger partial charge in [0.25, 0.3) is 5.56 Å². The van der Waals surface area contributed by atoms with Crippen LogP contribution in [-0.2, 0) is 6.54 Å². The predicted molar refractivity (Wildman–Crippen MR) is 93.5 cm³/mol. The number of aromatic nitrogens is 2. The van der Waals surface area contributed by atoms with Crippen molar-refractivity contribution in [2.75, 3.05) is 20.2 Å². The summed E-state index contributed by atoms with van der Waals surface area (Å²) in [7, 11) is 1.96. The summed E-state index contributed by atoms with van der Waals surface area (Å²) < 4.78 is 6.33. The van der Waals surface area contributed by atoms with Crippen LogP contribution in [0.1, 0.15) is 5.82 Å². The fourth-order valence-electron chi connectivity index (χ4n) is 2.21. The Hall–Kier alpha value is -1.89. The first kappa shape index (κ1) is 16.0. The highest BCUT2D eigenvalue weighted by atomic mass is 35.5. The van der Waals surface area contributed by atoms with Crippen molar-refractivity contribution in [3.63, 3.8) is 0 Å². The number of benzene rings is 1. The summed E-state index contributed by atoms with van der Waals surface area (Å²) in [5.74, 6) is 1.41. The first-order chi connectivity index (χ1) is 11.1. The second-order valence-electron chi connectivity index (χ2n) is 5.19. The molecule has 0 amide bonds. The Bertz CT molecular complexity index is 862. The summed E-state index contributed by atoms with van der Waals surface area (Å²) in [6, 6.07) is 9.18. The zero-order valence-corrected chi connectivity index (χ0v) is 14.2. The lowest BCUT2D eigenvalue weighted by atomic mass is 10.3. The molecule has 0 atom stereocenters. The number of ether oxygens (including phenoxy) is 1. The molecule has 0 radical (unpaired) electrons. The molecular formula is C16H16ClN3O2S. The van der Waals surface area contributed by atoms with Crippen LogP contribution in [0.3, 0.4) is 0 Å². The van der Waals surface area contributed by atoms with Gasteiger partial charge in [-0.25, -0.2) is 4.98 Å². The number of nitrogens with zero attached hydrogens (tertiary/aromatic N) is 2. The van der Waals surface area contributed by atoms with E-state index in [2.05, 4.69) is 9.97 Å². The lowest BCUT2D eigenvalue weighted by molar-refractivity contribution is 0.230. The van der Waals surface area contributed by atoms with Crippen LogP contribution in [0.5, 0.6) is 5.75 Å². The average Bonchev–Trinajstić information content (AvgIpc) is 2.96. The molecule has 0 unspecified atom stereocenters. The molecule has 0 saturated heterocycles. The minimum atomic E-state index is -0.0800. The van der Waals surface area contributed by atoms with Crippen molar-refractivity contribution in [1.29, 1.82) is 0 Å². The molecule has 0 saturated carbocycles. The molecule has 120 valence electrons. The third-order valence-corrected chi connectivity index (χ3v) is 4.46. The molecule has 1 aromatic carbocycles. The molecule has 1 N–H and O–H groups in total. The molecule has 2 aromatic heterocycles. The topological polar surface area (TPSA) is 58.2 Å². The number of rotatable bonds is 6. The third-order valence-electron chi connectivity index (χ3n) is 3.32. The maximum atomic E-state index is 11.9. The van der Waals surface area contributed by atoms with E-state index in [0.29, 0.717) is 35.2 Å². The minimum absolute atomic E-state index is 0.0800. The zero-order valence-electron chi connectivity index (χ0n) is 12.6. The number of fused-ring (bicyclic) bond motifs is 1. The van der Waals surface area contributed by atoms with Crippen LogP contribution in [-0.4, -0.2) is 35.1 Å². The number of nitrogens with one attached hydrogen (secondary N) is 1. The van der Waals surface area contributed by atoms with Crippen LogP contribution in [0.4, 0.5) is 0 Å². The van der Waals surface area contributed by atoms with Crippen LogP contribution in [0.25, 0.3) is 10.2 Å². The standard InChI is InChI=1S/C16H16ClN3O2S/c1-20(6-7-22-12-4-2-3-11(17)9-12)10-14-18-13-5-8-23-15(13)16(21)19-14/h2-5,8-9H,6-7,10H2,1H3,(H,18,19,21). The summed E-state index contributed by atoms with van der Waals surface area (Å²) >= 11 is 7.32. The summed E-state index contributed by atoms with van der Waals surface area (Å²) in [6.07, 6.45) is 0. The van der Waals surface area contributed by atoms with Gasteiger partial charge in [0.15, 0.2) is 0 Å². The van der Waals surface area contributed by atoms with E-state index in [1.54, 1.807) is 6.07 Å². The van der Waals surface area contributed by atoms with Gasteiger partial charge < -0.3 is 9.72 Å². The van der Waals surface area contributed by atoms with Crippen molar-refractivity contribution < 1.29 is 4.74 Å². The van der Waals surface area contributed by atoms with Gasteiger partial charge in [0.05, 0.1) is 12.1 Å². The maximum absolute atomic E-state index is 11.9. The Morgan fingerprint density at radius 1 is 1.39 bits per heavy atom. The van der Waals surface area contributed by atoms with Crippen molar-refractivity contribution in [2.24, 2.45) is 0 Å². The molecule has 23 heavy (non-hydrogen) atoms. The highest BCUT2D eigenvalue weighted by molar-refractivity contribution is 7.17. The maximum Gasteiger partial charge on any atom is 0.268 e. The minimum Gasteiger partial charge on any atom is -0.492 e. The molecule has 0 bridgehead atoms. The van der Waals surface area contributed by atoms with Gasteiger partial charge in [-0.05, 0) is 36.7 Å². The van der Waals surface area contributed by atoms with E-state index >= 15 is 0 Å². The second kappa shape index (κ2) is 7.12. The Labute approximate surface area is 142 Å². The van der Waals surface area contributed by atoms with Gasteiger partial charge >= 0.3 is 0 Å². The number of hydrogen-bond acceptors (Lipinski definition) is 5. The third kappa shape index (κ3) is 4.10. The first-order valence-electron chi connectivity index (χ1n) is 7.15. The first-order valence-corrected chi connectivity index (χ1v) is 8.41. The Morgan fingerprint density at radius 3 is 3.09 bits per heavy atom. The Kier molecular flexibility index (Phi) is 4.95. The van der Waals surface area contributed by atoms with Crippen LogP contribution in [0.2, 0.25) is 5.02 Å². The average molecular weight is 350 g/mol. The van der Waals surface area contributed by atoms with Crippen LogP contribution >= 0.6 is 22.9 Å². The van der Waals surface area contributed by atoms with Crippen LogP contribution < -0.4 is 10.3 Å². The van der Waals surface area contributed by atoms with Crippen molar-refractivity contribution in [3.8, 4) is 5.75 Å². The van der Waals surface area contributed by atoms with Gasteiger partial charge in [-0.3, -0.25) is 9.69 Å². The quantitative estimate of drug-likeness (QED) is 0.742. The predicted octanol–water partition coefficient (Wildman–Crippen LogP) is 3.15. The Balaban J connectivity index is 1.56. The van der Waals surface area contributed by atoms with E-state index in [-0.39, 0.29) is 5.56 Å². The van der Waals surface area contributed by atoms with Crippen LogP contribution in [0.15, 0.2) is 40.5 Å². The molecule has 0 aliphatic carbocycles. The molecule has 3 rings (SSSR count). The highest BCUT2D eigenvalue weighted by Crippen LogP contribution is 2.17. The summed E-state index contributed by atoms with van der Waals surface area (Å²) in [6.45, 7) is 1.79. The van der Waals surface area contributed by atoms with Crippen molar-refractivity contribution in [3.05, 3.63) is 56.9 Å². The monoisotopic (exact) mass is 349 g/mol. The van der Waals surface area contributed by atoms with E-state index in [1.165, 1.54) is 11.3 Å². The Morgan fingerprint density at radius 2 is 2.26 bits per heavy atom. The molecule has 0 aliphatic heterocycles. The van der Waals surface area contributed by atoms with E-state index in [1.807, 2.05) is 41.6 Å². The molecular weight excluding hydrogens is 334 g/mol. The van der Waals surface area contributed by atoms with E-state index in [0.717, 1.165) is 11.3 Å². The van der Waals surface area contributed by atoms with Gasteiger partial charge in [-0.2, -0.15) is 0 Å². The fraction of sp³-hybridized carbons (Fsp3) is 0.250. The smallest absolute Gasteiger partial charge is 0.268 e. The molecule has 0 fully saturated rings. The highest BCUT2D eigenvalue weighted by Gasteiger charge is 2.07. The zero-order chi connectivity index (χ0) is 16.2. The molecule has 7 heteroatoms. The largest absolute Gasteiger partial charge is 0.492 e. The molecule has 0 spiro atoms.